The Balaban J connectivity index is 0.00000141. The molecule has 0 aliphatic carbocycles. The van der Waals surface area contributed by atoms with Crippen LogP contribution in [-0.4, -0.2) is 26.5 Å². The number of benzene rings is 4. The van der Waals surface area contributed by atoms with Gasteiger partial charge < -0.3 is 14.2 Å². The van der Waals surface area contributed by atoms with Crippen LogP contribution in [0.25, 0.3) is 0 Å². The van der Waals surface area contributed by atoms with Crippen LogP contribution in [0.1, 0.15) is 67.2 Å². The van der Waals surface area contributed by atoms with Crippen molar-refractivity contribution in [3.05, 3.63) is 125 Å². The van der Waals surface area contributed by atoms with Gasteiger partial charge in [-0.25, -0.2) is 0 Å². The molecular formula is C35H38O5. The van der Waals surface area contributed by atoms with E-state index in [1.807, 2.05) is 72.8 Å². The maximum Gasteiger partial charge on any atom is 0.308 e. The molecule has 0 fully saturated rings. The highest BCUT2D eigenvalue weighted by atomic mass is 16.5. The molecule has 208 valence electrons. The summed E-state index contributed by atoms with van der Waals surface area (Å²) in [6.45, 7) is 9.97. The fourth-order valence-corrected chi connectivity index (χ4v) is 4.48. The second-order valence-corrected chi connectivity index (χ2v) is 10.6. The van der Waals surface area contributed by atoms with Gasteiger partial charge in [0.2, 0.25) is 0 Å². The Morgan fingerprint density at radius 1 is 0.650 bits per heavy atom. The molecule has 0 aliphatic rings. The third kappa shape index (κ3) is 7.25. The number of hydrogen-bond donors (Lipinski definition) is 0. The molecule has 5 nitrogen and oxygen atoms in total. The molecule has 4 aromatic rings. The van der Waals surface area contributed by atoms with Gasteiger partial charge in [0.25, 0.3) is 0 Å². The molecule has 0 radical (unpaired) electrons. The Hall–Kier alpha value is -4.22. The van der Waals surface area contributed by atoms with Gasteiger partial charge >= 0.3 is 5.97 Å². The average molecular weight is 539 g/mol. The fraction of sp³-hybridized carbons (Fsp3) is 0.257. The normalized spacial score (nSPS) is 11.2. The molecule has 0 saturated carbocycles. The number of esters is 1. The SMILES string of the molecule is CC(=O)Oc1ccc(C(C)(C)c2ccc(Oc3ccc(C(C)(C)c4ccccc4)cc3C=O)cc2)cc1.COC. The lowest BCUT2D eigenvalue weighted by Gasteiger charge is -2.27. The van der Waals surface area contributed by atoms with Crippen molar-refractivity contribution in [2.24, 2.45) is 0 Å². The van der Waals surface area contributed by atoms with Crippen molar-refractivity contribution in [2.75, 3.05) is 14.2 Å². The molecule has 5 heteroatoms. The summed E-state index contributed by atoms with van der Waals surface area (Å²) >= 11 is 0. The van der Waals surface area contributed by atoms with Crippen LogP contribution < -0.4 is 9.47 Å². The first kappa shape index (κ1) is 30.3. The largest absolute Gasteiger partial charge is 0.457 e. The number of rotatable bonds is 8. The highest BCUT2D eigenvalue weighted by Crippen LogP contribution is 2.36. The molecule has 0 amide bonds. The lowest BCUT2D eigenvalue weighted by Crippen LogP contribution is -2.19. The van der Waals surface area contributed by atoms with E-state index in [4.69, 9.17) is 9.47 Å². The van der Waals surface area contributed by atoms with Crippen molar-refractivity contribution in [1.82, 2.24) is 0 Å². The molecule has 0 N–H and O–H groups in total. The Bertz CT molecular complexity index is 1400. The Morgan fingerprint density at radius 3 is 1.60 bits per heavy atom. The molecule has 4 aromatic carbocycles. The summed E-state index contributed by atoms with van der Waals surface area (Å²) in [5.74, 6) is 1.37. The van der Waals surface area contributed by atoms with Crippen LogP contribution in [0, 0.1) is 0 Å². The number of carbonyl (C=O) groups excluding carboxylic acids is 2. The summed E-state index contributed by atoms with van der Waals surface area (Å²) in [6, 6.07) is 31.5. The van der Waals surface area contributed by atoms with Crippen molar-refractivity contribution in [3.8, 4) is 17.2 Å². The summed E-state index contributed by atoms with van der Waals surface area (Å²) in [4.78, 5) is 23.1. The summed E-state index contributed by atoms with van der Waals surface area (Å²) in [5.41, 5.74) is 4.42. The van der Waals surface area contributed by atoms with Crippen molar-refractivity contribution in [3.63, 3.8) is 0 Å². The highest BCUT2D eigenvalue weighted by molar-refractivity contribution is 5.80. The van der Waals surface area contributed by atoms with Gasteiger partial charge in [-0.3, -0.25) is 9.59 Å². The van der Waals surface area contributed by atoms with Gasteiger partial charge in [0.1, 0.15) is 17.2 Å². The zero-order chi connectivity index (χ0) is 29.3. The quantitative estimate of drug-likeness (QED) is 0.129. The van der Waals surface area contributed by atoms with Gasteiger partial charge in [-0.05, 0) is 58.7 Å². The zero-order valence-corrected chi connectivity index (χ0v) is 24.4. The van der Waals surface area contributed by atoms with Crippen molar-refractivity contribution < 1.29 is 23.8 Å². The van der Waals surface area contributed by atoms with Crippen LogP contribution >= 0.6 is 0 Å². The van der Waals surface area contributed by atoms with Crippen LogP contribution in [0.4, 0.5) is 0 Å². The lowest BCUT2D eigenvalue weighted by atomic mass is 9.77. The van der Waals surface area contributed by atoms with Gasteiger partial charge in [-0.2, -0.15) is 0 Å². The Morgan fingerprint density at radius 2 is 1.10 bits per heavy atom. The molecule has 0 heterocycles. The molecule has 0 saturated heterocycles. The molecule has 0 unspecified atom stereocenters. The topological polar surface area (TPSA) is 61.8 Å². The van der Waals surface area contributed by atoms with E-state index in [1.165, 1.54) is 12.5 Å². The number of hydrogen-bond acceptors (Lipinski definition) is 5. The molecule has 0 aromatic heterocycles. The smallest absolute Gasteiger partial charge is 0.308 e. The van der Waals surface area contributed by atoms with Gasteiger partial charge in [-0.1, -0.05) is 88.4 Å². The first-order valence-electron chi connectivity index (χ1n) is 13.2. The number of ether oxygens (including phenoxy) is 3. The van der Waals surface area contributed by atoms with Crippen LogP contribution in [-0.2, 0) is 20.4 Å². The standard InChI is InChI=1S/C33H32O4.C2H6O/c1-23(35)36-29-16-11-26(12-17-29)32(2,3)27-13-18-30(19-14-27)37-31-20-15-28(21-24(31)22-34)33(4,5)25-9-7-6-8-10-25;1-3-2/h6-22H,1-5H3;1-2H3. The molecule has 0 aliphatic heterocycles. The van der Waals surface area contributed by atoms with Gasteiger partial charge in [-0.15, -0.1) is 0 Å². The molecular weight excluding hydrogens is 500 g/mol. The van der Waals surface area contributed by atoms with Crippen LogP contribution in [0.2, 0.25) is 0 Å². The van der Waals surface area contributed by atoms with E-state index < -0.39 is 0 Å². The minimum absolute atomic E-state index is 0.249. The Labute approximate surface area is 237 Å². The molecule has 40 heavy (non-hydrogen) atoms. The predicted octanol–water partition coefficient (Wildman–Crippen LogP) is 8.13. The van der Waals surface area contributed by atoms with Crippen LogP contribution in [0.15, 0.2) is 97.1 Å². The first-order chi connectivity index (χ1) is 19.0. The van der Waals surface area contributed by atoms with E-state index in [-0.39, 0.29) is 16.8 Å². The van der Waals surface area contributed by atoms with Crippen LogP contribution in [0.3, 0.4) is 0 Å². The lowest BCUT2D eigenvalue weighted by molar-refractivity contribution is -0.131. The summed E-state index contributed by atoms with van der Waals surface area (Å²) < 4.78 is 15.5. The Kier molecular flexibility index (Phi) is 10.0. The average Bonchev–Trinajstić information content (AvgIpc) is 2.94. The van der Waals surface area contributed by atoms with Gasteiger partial charge in [0, 0.05) is 32.0 Å². The maximum atomic E-state index is 12.0. The molecule has 0 bridgehead atoms. The van der Waals surface area contributed by atoms with E-state index in [0.717, 1.165) is 23.0 Å². The minimum Gasteiger partial charge on any atom is -0.457 e. The maximum absolute atomic E-state index is 12.0. The first-order valence-corrected chi connectivity index (χ1v) is 13.2. The molecule has 0 spiro atoms. The molecule has 0 atom stereocenters. The number of carbonyl (C=O) groups is 2. The van der Waals surface area contributed by atoms with Gasteiger partial charge in [0.05, 0.1) is 5.56 Å². The monoisotopic (exact) mass is 538 g/mol. The second-order valence-electron chi connectivity index (χ2n) is 10.6. The van der Waals surface area contributed by atoms with Crippen LogP contribution in [0.5, 0.6) is 17.2 Å². The minimum atomic E-state index is -0.338. The van der Waals surface area contributed by atoms with E-state index >= 15 is 0 Å². The van der Waals surface area contributed by atoms with E-state index in [0.29, 0.717) is 22.8 Å². The second kappa shape index (κ2) is 13.2. The number of methoxy groups -OCH3 is 1. The summed E-state index contributed by atoms with van der Waals surface area (Å²) in [6.07, 6.45) is 0.844. The van der Waals surface area contributed by atoms with E-state index in [9.17, 15) is 9.59 Å². The van der Waals surface area contributed by atoms with E-state index in [1.54, 1.807) is 26.4 Å². The summed E-state index contributed by atoms with van der Waals surface area (Å²) in [5, 5.41) is 0. The van der Waals surface area contributed by atoms with Gasteiger partial charge in [0.15, 0.2) is 6.29 Å². The third-order valence-electron chi connectivity index (χ3n) is 7.00. The van der Waals surface area contributed by atoms with Crippen molar-refractivity contribution >= 4 is 12.3 Å². The van der Waals surface area contributed by atoms with Crippen molar-refractivity contribution in [1.29, 1.82) is 0 Å². The van der Waals surface area contributed by atoms with Crippen molar-refractivity contribution in [2.45, 2.75) is 45.4 Å². The fourth-order valence-electron chi connectivity index (χ4n) is 4.48. The third-order valence-corrected chi connectivity index (χ3v) is 7.00. The van der Waals surface area contributed by atoms with E-state index in [2.05, 4.69) is 44.6 Å². The number of aldehydes is 1. The summed E-state index contributed by atoms with van der Waals surface area (Å²) in [7, 11) is 3.25. The predicted molar refractivity (Wildman–Crippen MR) is 160 cm³/mol. The zero-order valence-electron chi connectivity index (χ0n) is 24.4. The highest BCUT2D eigenvalue weighted by Gasteiger charge is 2.25. The molecule has 4 rings (SSSR count).